The van der Waals surface area contributed by atoms with Crippen LogP contribution in [0.5, 0.6) is 0 Å². The molecule has 5 heteroatoms. The summed E-state index contributed by atoms with van der Waals surface area (Å²) >= 11 is 5.40. The van der Waals surface area contributed by atoms with Gasteiger partial charge in [0.15, 0.2) is 5.11 Å². The van der Waals surface area contributed by atoms with Crippen molar-refractivity contribution in [3.63, 3.8) is 0 Å². The second kappa shape index (κ2) is 7.93. The van der Waals surface area contributed by atoms with Crippen LogP contribution in [0.2, 0.25) is 0 Å². The number of hydrogen-bond donors (Lipinski definition) is 1. The first-order chi connectivity index (χ1) is 11.7. The Morgan fingerprint density at radius 1 is 0.917 bits per heavy atom. The van der Waals surface area contributed by atoms with Crippen LogP contribution in [-0.2, 0) is 11.2 Å². The van der Waals surface area contributed by atoms with Crippen molar-refractivity contribution < 1.29 is 4.79 Å². The van der Waals surface area contributed by atoms with E-state index < -0.39 is 0 Å². The molecule has 0 aliphatic carbocycles. The molecule has 1 fully saturated rings. The van der Waals surface area contributed by atoms with Crippen molar-refractivity contribution in [1.29, 1.82) is 0 Å². The topological polar surface area (TPSA) is 35.6 Å². The predicted octanol–water partition coefficient (Wildman–Crippen LogP) is 2.45. The average Bonchev–Trinajstić information content (AvgIpc) is 2.63. The van der Waals surface area contributed by atoms with E-state index >= 15 is 0 Å². The summed E-state index contributed by atoms with van der Waals surface area (Å²) in [6.07, 6.45) is 0.352. The molecule has 0 unspecified atom stereocenters. The van der Waals surface area contributed by atoms with Gasteiger partial charge in [0.05, 0.1) is 6.42 Å². The summed E-state index contributed by atoms with van der Waals surface area (Å²) in [5.41, 5.74) is 2.22. The number of nitrogens with one attached hydrogen (secondary N) is 1. The molecule has 124 valence electrons. The molecule has 4 nitrogen and oxygen atoms in total. The molecule has 0 spiro atoms. The number of carbonyl (C=O) groups is 1. The summed E-state index contributed by atoms with van der Waals surface area (Å²) in [5, 5.41) is 3.38. The van der Waals surface area contributed by atoms with Crippen LogP contribution in [-0.4, -0.2) is 42.1 Å². The van der Waals surface area contributed by atoms with Crippen LogP contribution in [0.1, 0.15) is 5.56 Å². The third kappa shape index (κ3) is 4.32. The van der Waals surface area contributed by atoms with E-state index in [1.165, 1.54) is 5.69 Å². The molecular formula is C19H21N3OS. The number of hydrogen-bond acceptors (Lipinski definition) is 3. The van der Waals surface area contributed by atoms with Gasteiger partial charge in [-0.05, 0) is 29.9 Å². The van der Waals surface area contributed by atoms with Gasteiger partial charge < -0.3 is 15.1 Å². The van der Waals surface area contributed by atoms with E-state index in [2.05, 4.69) is 39.4 Å². The fourth-order valence-electron chi connectivity index (χ4n) is 2.83. The molecular weight excluding hydrogens is 318 g/mol. The molecule has 1 aliphatic heterocycles. The van der Waals surface area contributed by atoms with Crippen LogP contribution in [0.15, 0.2) is 60.7 Å². The lowest BCUT2D eigenvalue weighted by Gasteiger charge is -2.37. The molecule has 2 aromatic carbocycles. The van der Waals surface area contributed by atoms with Crippen LogP contribution in [0.25, 0.3) is 0 Å². The van der Waals surface area contributed by atoms with Gasteiger partial charge in [0.25, 0.3) is 0 Å². The summed E-state index contributed by atoms with van der Waals surface area (Å²) in [4.78, 5) is 16.5. The Balaban J connectivity index is 1.47. The smallest absolute Gasteiger partial charge is 0.230 e. The molecule has 24 heavy (non-hydrogen) atoms. The Bertz CT molecular complexity index is 682. The number of rotatable bonds is 3. The summed E-state index contributed by atoms with van der Waals surface area (Å²) in [6, 6.07) is 20.1. The van der Waals surface area contributed by atoms with Gasteiger partial charge in [0, 0.05) is 31.9 Å². The number of carbonyl (C=O) groups excluding carboxylic acids is 1. The van der Waals surface area contributed by atoms with Gasteiger partial charge in [-0.25, -0.2) is 0 Å². The molecule has 1 N–H and O–H groups in total. The van der Waals surface area contributed by atoms with Gasteiger partial charge in [-0.1, -0.05) is 48.5 Å². The van der Waals surface area contributed by atoms with Gasteiger partial charge in [-0.15, -0.1) is 0 Å². The van der Waals surface area contributed by atoms with E-state index in [4.69, 9.17) is 12.2 Å². The minimum atomic E-state index is -0.0586. The first-order valence-electron chi connectivity index (χ1n) is 8.15. The molecule has 1 amide bonds. The predicted molar refractivity (Wildman–Crippen MR) is 101 cm³/mol. The largest absolute Gasteiger partial charge is 0.368 e. The maximum Gasteiger partial charge on any atom is 0.230 e. The summed E-state index contributed by atoms with van der Waals surface area (Å²) < 4.78 is 0. The molecule has 0 aromatic heterocycles. The van der Waals surface area contributed by atoms with Crippen molar-refractivity contribution in [2.45, 2.75) is 6.42 Å². The van der Waals surface area contributed by atoms with Crippen LogP contribution in [0.4, 0.5) is 5.69 Å². The molecule has 3 rings (SSSR count). The van der Waals surface area contributed by atoms with E-state index in [1.807, 2.05) is 36.4 Å². The summed E-state index contributed by atoms with van der Waals surface area (Å²) in [6.45, 7) is 3.44. The fourth-order valence-corrected chi connectivity index (χ4v) is 3.13. The number of anilines is 1. The molecule has 0 radical (unpaired) electrons. The Kier molecular flexibility index (Phi) is 5.43. The first-order valence-corrected chi connectivity index (χ1v) is 8.56. The van der Waals surface area contributed by atoms with E-state index in [1.54, 1.807) is 0 Å². The first kappa shape index (κ1) is 16.5. The van der Waals surface area contributed by atoms with Gasteiger partial charge in [0.1, 0.15) is 0 Å². The Morgan fingerprint density at radius 3 is 2.12 bits per heavy atom. The molecule has 1 aliphatic rings. The maximum atomic E-state index is 12.1. The molecule has 0 saturated carbocycles. The highest BCUT2D eigenvalue weighted by atomic mass is 32.1. The normalized spacial score (nSPS) is 14.3. The fraction of sp³-hybridized carbons (Fsp3) is 0.263. The lowest BCUT2D eigenvalue weighted by atomic mass is 10.1. The van der Waals surface area contributed by atoms with Gasteiger partial charge >= 0.3 is 0 Å². The van der Waals surface area contributed by atoms with Gasteiger partial charge in [-0.2, -0.15) is 0 Å². The third-order valence-corrected chi connectivity index (χ3v) is 4.50. The van der Waals surface area contributed by atoms with Crippen molar-refractivity contribution in [3.05, 3.63) is 66.2 Å². The number of nitrogens with zero attached hydrogens (tertiary/aromatic N) is 2. The average molecular weight is 339 g/mol. The minimum absolute atomic E-state index is 0.0586. The van der Waals surface area contributed by atoms with E-state index in [0.29, 0.717) is 11.5 Å². The monoisotopic (exact) mass is 339 g/mol. The number of para-hydroxylation sites is 1. The van der Waals surface area contributed by atoms with Crippen molar-refractivity contribution in [2.24, 2.45) is 0 Å². The van der Waals surface area contributed by atoms with Gasteiger partial charge in [-0.3, -0.25) is 4.79 Å². The van der Waals surface area contributed by atoms with Crippen molar-refractivity contribution >= 4 is 28.9 Å². The molecule has 1 saturated heterocycles. The quantitative estimate of drug-likeness (QED) is 0.872. The van der Waals surface area contributed by atoms with Crippen molar-refractivity contribution in [1.82, 2.24) is 10.2 Å². The molecule has 2 aromatic rings. The number of benzene rings is 2. The summed E-state index contributed by atoms with van der Waals surface area (Å²) in [5.74, 6) is -0.0586. The lowest BCUT2D eigenvalue weighted by Crippen LogP contribution is -2.52. The Morgan fingerprint density at radius 2 is 1.50 bits per heavy atom. The second-order valence-electron chi connectivity index (χ2n) is 5.83. The zero-order valence-corrected chi connectivity index (χ0v) is 14.3. The van der Waals surface area contributed by atoms with Crippen LogP contribution in [0.3, 0.4) is 0 Å². The van der Waals surface area contributed by atoms with E-state index in [9.17, 15) is 4.79 Å². The van der Waals surface area contributed by atoms with Crippen LogP contribution in [0, 0.1) is 0 Å². The molecule has 0 atom stereocenters. The maximum absolute atomic E-state index is 12.1. The van der Waals surface area contributed by atoms with Crippen molar-refractivity contribution in [2.75, 3.05) is 31.1 Å². The zero-order valence-electron chi connectivity index (χ0n) is 13.5. The number of piperazine rings is 1. The number of amides is 1. The molecule has 0 bridgehead atoms. The number of thiocarbonyl (C=S) groups is 1. The van der Waals surface area contributed by atoms with Crippen molar-refractivity contribution in [3.8, 4) is 0 Å². The van der Waals surface area contributed by atoms with E-state index in [0.717, 1.165) is 31.7 Å². The minimum Gasteiger partial charge on any atom is -0.368 e. The SMILES string of the molecule is O=C(Cc1ccccc1)NC(=S)N1CCN(c2ccccc2)CC1. The van der Waals surface area contributed by atoms with Crippen LogP contribution < -0.4 is 10.2 Å². The lowest BCUT2D eigenvalue weighted by molar-refractivity contribution is -0.119. The van der Waals surface area contributed by atoms with Crippen LogP contribution >= 0.6 is 12.2 Å². The second-order valence-corrected chi connectivity index (χ2v) is 6.21. The summed E-state index contributed by atoms with van der Waals surface area (Å²) in [7, 11) is 0. The Hall–Kier alpha value is -2.40. The standard InChI is InChI=1S/C19H21N3OS/c23-18(15-16-7-3-1-4-8-16)20-19(24)22-13-11-21(12-14-22)17-9-5-2-6-10-17/h1-10H,11-15H2,(H,20,23,24). The van der Waals surface area contributed by atoms with E-state index in [-0.39, 0.29) is 5.91 Å². The third-order valence-electron chi connectivity index (χ3n) is 4.14. The highest BCUT2D eigenvalue weighted by molar-refractivity contribution is 7.80. The zero-order chi connectivity index (χ0) is 16.8. The molecule has 1 heterocycles. The highest BCUT2D eigenvalue weighted by Crippen LogP contribution is 2.15. The van der Waals surface area contributed by atoms with Gasteiger partial charge in [0.2, 0.25) is 5.91 Å². The highest BCUT2D eigenvalue weighted by Gasteiger charge is 2.20. The Labute approximate surface area is 148 Å².